The van der Waals surface area contributed by atoms with E-state index in [4.69, 9.17) is 5.11 Å². The van der Waals surface area contributed by atoms with E-state index in [0.29, 0.717) is 0 Å². The summed E-state index contributed by atoms with van der Waals surface area (Å²) in [5.74, 6) is -1.89. The molecule has 0 heterocycles. The van der Waals surface area contributed by atoms with Crippen LogP contribution in [0, 0.1) is 19.8 Å². The molecule has 0 spiro atoms. The number of carbonyl (C=O) groups is 2. The number of carboxylic acid groups (broad SMARTS) is 1. The maximum absolute atomic E-state index is 11.6. The largest absolute Gasteiger partial charge is 0.481 e. The highest BCUT2D eigenvalue weighted by atomic mass is 16.4. The van der Waals surface area contributed by atoms with Gasteiger partial charge in [-0.05, 0) is 31.0 Å². The van der Waals surface area contributed by atoms with Crippen LogP contribution in [0.4, 0.5) is 5.69 Å². The number of aryl methyl sites for hydroxylation is 2. The zero-order valence-corrected chi connectivity index (χ0v) is 10.3. The van der Waals surface area contributed by atoms with Gasteiger partial charge in [0.1, 0.15) is 0 Å². The van der Waals surface area contributed by atoms with Gasteiger partial charge in [0.2, 0.25) is 5.91 Å². The molecule has 1 aromatic rings. The summed E-state index contributed by atoms with van der Waals surface area (Å²) in [5, 5.41) is 11.5. The van der Waals surface area contributed by atoms with E-state index in [9.17, 15) is 9.59 Å². The first-order valence-electron chi connectivity index (χ1n) is 5.50. The minimum absolute atomic E-state index is 0.0112. The molecule has 0 fully saturated rings. The maximum Gasteiger partial charge on any atom is 0.306 e. The molecule has 17 heavy (non-hydrogen) atoms. The summed E-state index contributed by atoms with van der Waals surface area (Å²) in [4.78, 5) is 22.2. The lowest BCUT2D eigenvalue weighted by atomic mass is 10.1. The van der Waals surface area contributed by atoms with Crippen molar-refractivity contribution in [2.45, 2.75) is 27.2 Å². The van der Waals surface area contributed by atoms with Crippen LogP contribution >= 0.6 is 0 Å². The molecule has 1 amide bonds. The molecule has 1 aromatic carbocycles. The molecule has 0 aromatic heterocycles. The van der Waals surface area contributed by atoms with E-state index in [0.717, 1.165) is 16.8 Å². The smallest absolute Gasteiger partial charge is 0.306 e. The fourth-order valence-corrected chi connectivity index (χ4v) is 1.44. The third-order valence-electron chi connectivity index (χ3n) is 2.58. The van der Waals surface area contributed by atoms with Gasteiger partial charge in [0.05, 0.1) is 5.92 Å². The second-order valence-electron chi connectivity index (χ2n) is 4.31. The quantitative estimate of drug-likeness (QED) is 0.841. The van der Waals surface area contributed by atoms with Crippen molar-refractivity contribution >= 4 is 17.6 Å². The van der Waals surface area contributed by atoms with Gasteiger partial charge in [-0.25, -0.2) is 0 Å². The van der Waals surface area contributed by atoms with Crippen LogP contribution in [0.25, 0.3) is 0 Å². The summed E-state index contributed by atoms with van der Waals surface area (Å²) in [6, 6.07) is 5.76. The van der Waals surface area contributed by atoms with E-state index in [2.05, 4.69) is 5.32 Å². The van der Waals surface area contributed by atoms with E-state index >= 15 is 0 Å². The molecule has 4 heteroatoms. The van der Waals surface area contributed by atoms with Crippen LogP contribution in [0.3, 0.4) is 0 Å². The highest BCUT2D eigenvalue weighted by Crippen LogP contribution is 2.17. The Kier molecular flexibility index (Phi) is 4.26. The van der Waals surface area contributed by atoms with Gasteiger partial charge in [0, 0.05) is 12.1 Å². The Morgan fingerprint density at radius 2 is 2.00 bits per heavy atom. The Balaban J connectivity index is 2.68. The SMILES string of the molecule is Cc1ccc(C)c(NC(=O)CC(C)C(=O)O)c1. The molecular weight excluding hydrogens is 218 g/mol. The monoisotopic (exact) mass is 235 g/mol. The number of carbonyl (C=O) groups excluding carboxylic acids is 1. The predicted molar refractivity (Wildman–Crippen MR) is 66.0 cm³/mol. The zero-order chi connectivity index (χ0) is 13.0. The minimum atomic E-state index is -0.957. The number of nitrogens with one attached hydrogen (secondary N) is 1. The average molecular weight is 235 g/mol. The van der Waals surface area contributed by atoms with Crippen LogP contribution < -0.4 is 5.32 Å². The van der Waals surface area contributed by atoms with E-state index in [1.807, 2.05) is 32.0 Å². The van der Waals surface area contributed by atoms with E-state index in [1.165, 1.54) is 6.92 Å². The molecule has 0 saturated carbocycles. The Bertz CT molecular complexity index is 440. The normalized spacial score (nSPS) is 11.9. The van der Waals surface area contributed by atoms with Gasteiger partial charge >= 0.3 is 5.97 Å². The summed E-state index contributed by atoms with van der Waals surface area (Å²) < 4.78 is 0. The molecule has 0 aliphatic rings. The zero-order valence-electron chi connectivity index (χ0n) is 10.3. The van der Waals surface area contributed by atoms with Crippen LogP contribution in [0.1, 0.15) is 24.5 Å². The highest BCUT2D eigenvalue weighted by molar-refractivity contribution is 5.93. The van der Waals surface area contributed by atoms with Crippen LogP contribution in [0.2, 0.25) is 0 Å². The number of benzene rings is 1. The molecule has 1 rings (SSSR count). The van der Waals surface area contributed by atoms with Crippen molar-refractivity contribution in [2.75, 3.05) is 5.32 Å². The molecule has 0 bridgehead atoms. The lowest BCUT2D eigenvalue weighted by Crippen LogP contribution is -2.20. The molecule has 2 N–H and O–H groups in total. The van der Waals surface area contributed by atoms with Crippen molar-refractivity contribution < 1.29 is 14.7 Å². The van der Waals surface area contributed by atoms with Crippen molar-refractivity contribution in [2.24, 2.45) is 5.92 Å². The Morgan fingerprint density at radius 1 is 1.35 bits per heavy atom. The maximum atomic E-state index is 11.6. The second-order valence-corrected chi connectivity index (χ2v) is 4.31. The van der Waals surface area contributed by atoms with Crippen molar-refractivity contribution in [1.29, 1.82) is 0 Å². The number of hydrogen-bond acceptors (Lipinski definition) is 2. The fraction of sp³-hybridized carbons (Fsp3) is 0.385. The lowest BCUT2D eigenvalue weighted by Gasteiger charge is -2.10. The standard InChI is InChI=1S/C13H17NO3/c1-8-4-5-9(2)11(6-8)14-12(15)7-10(3)13(16)17/h4-6,10H,7H2,1-3H3,(H,14,15)(H,16,17). The summed E-state index contributed by atoms with van der Waals surface area (Å²) in [6.45, 7) is 5.36. The van der Waals surface area contributed by atoms with Gasteiger partial charge in [-0.2, -0.15) is 0 Å². The van der Waals surface area contributed by atoms with Crippen LogP contribution in [-0.4, -0.2) is 17.0 Å². The second kappa shape index (κ2) is 5.48. The van der Waals surface area contributed by atoms with E-state index in [-0.39, 0.29) is 12.3 Å². The number of aliphatic carboxylic acids is 1. The third-order valence-corrected chi connectivity index (χ3v) is 2.58. The molecule has 1 atom stereocenters. The van der Waals surface area contributed by atoms with Gasteiger partial charge in [-0.1, -0.05) is 19.1 Å². The minimum Gasteiger partial charge on any atom is -0.481 e. The average Bonchev–Trinajstić information content (AvgIpc) is 2.23. The third kappa shape index (κ3) is 3.90. The van der Waals surface area contributed by atoms with E-state index < -0.39 is 11.9 Å². The fourth-order valence-electron chi connectivity index (χ4n) is 1.44. The van der Waals surface area contributed by atoms with Gasteiger partial charge in [0.25, 0.3) is 0 Å². The first-order chi connectivity index (χ1) is 7.90. The van der Waals surface area contributed by atoms with Gasteiger partial charge in [-0.3, -0.25) is 9.59 Å². The Morgan fingerprint density at radius 3 is 2.59 bits per heavy atom. The molecule has 92 valence electrons. The first-order valence-corrected chi connectivity index (χ1v) is 5.50. The van der Waals surface area contributed by atoms with Gasteiger partial charge in [-0.15, -0.1) is 0 Å². The lowest BCUT2D eigenvalue weighted by molar-refractivity contribution is -0.142. The van der Waals surface area contributed by atoms with Crippen LogP contribution in [-0.2, 0) is 9.59 Å². The van der Waals surface area contributed by atoms with E-state index in [1.54, 1.807) is 0 Å². The van der Waals surface area contributed by atoms with Crippen molar-refractivity contribution in [3.8, 4) is 0 Å². The Hall–Kier alpha value is -1.84. The summed E-state index contributed by atoms with van der Waals surface area (Å²) in [7, 11) is 0. The molecule has 0 saturated heterocycles. The number of anilines is 1. The summed E-state index contributed by atoms with van der Waals surface area (Å²) in [6.07, 6.45) is -0.0112. The van der Waals surface area contributed by atoms with Gasteiger partial charge in [0.15, 0.2) is 0 Å². The van der Waals surface area contributed by atoms with Crippen LogP contribution in [0.15, 0.2) is 18.2 Å². The Labute approximate surface area is 101 Å². The summed E-state index contributed by atoms with van der Waals surface area (Å²) in [5.41, 5.74) is 2.76. The predicted octanol–water partition coefficient (Wildman–Crippen LogP) is 2.35. The topological polar surface area (TPSA) is 66.4 Å². The van der Waals surface area contributed by atoms with Crippen molar-refractivity contribution in [3.05, 3.63) is 29.3 Å². The number of rotatable bonds is 4. The molecule has 0 aliphatic heterocycles. The summed E-state index contributed by atoms with van der Waals surface area (Å²) >= 11 is 0. The molecule has 0 aliphatic carbocycles. The number of hydrogen-bond donors (Lipinski definition) is 2. The molecular formula is C13H17NO3. The van der Waals surface area contributed by atoms with Crippen molar-refractivity contribution in [3.63, 3.8) is 0 Å². The number of carboxylic acids is 1. The molecule has 1 unspecified atom stereocenters. The first kappa shape index (κ1) is 13.2. The molecule has 4 nitrogen and oxygen atoms in total. The number of amides is 1. The highest BCUT2D eigenvalue weighted by Gasteiger charge is 2.16. The molecule has 0 radical (unpaired) electrons. The van der Waals surface area contributed by atoms with Crippen LogP contribution in [0.5, 0.6) is 0 Å². The van der Waals surface area contributed by atoms with Crippen molar-refractivity contribution in [1.82, 2.24) is 0 Å². The van der Waals surface area contributed by atoms with Gasteiger partial charge < -0.3 is 10.4 Å².